The van der Waals surface area contributed by atoms with E-state index in [0.29, 0.717) is 6.07 Å². The number of nitrogens with two attached hydrogens (primary N) is 1. The number of halogens is 2. The summed E-state index contributed by atoms with van der Waals surface area (Å²) in [5, 5.41) is 5.33. The van der Waals surface area contributed by atoms with E-state index in [-0.39, 0.29) is 17.8 Å². The number of nitrogen functional groups attached to an aromatic ring is 1. The van der Waals surface area contributed by atoms with Gasteiger partial charge in [-0.3, -0.25) is 4.79 Å². The van der Waals surface area contributed by atoms with E-state index in [2.05, 4.69) is 15.6 Å². The number of anilines is 2. The molecule has 1 aliphatic carbocycles. The second-order valence-corrected chi connectivity index (χ2v) is 4.33. The van der Waals surface area contributed by atoms with Crippen LogP contribution in [-0.2, 0) is 4.79 Å². The van der Waals surface area contributed by atoms with Gasteiger partial charge in [0.15, 0.2) is 23.3 Å². The summed E-state index contributed by atoms with van der Waals surface area (Å²) in [4.78, 5) is 15.2. The molecule has 1 fully saturated rings. The first-order valence-corrected chi connectivity index (χ1v) is 5.66. The van der Waals surface area contributed by atoms with Crippen molar-refractivity contribution < 1.29 is 13.6 Å². The van der Waals surface area contributed by atoms with Crippen molar-refractivity contribution >= 4 is 17.5 Å². The van der Waals surface area contributed by atoms with Crippen molar-refractivity contribution in [1.29, 1.82) is 0 Å². The molecule has 7 heteroatoms. The molecule has 0 saturated heterocycles. The first-order valence-electron chi connectivity index (χ1n) is 5.66. The molecule has 0 aromatic carbocycles. The third-order valence-electron chi connectivity index (χ3n) is 2.63. The summed E-state index contributed by atoms with van der Waals surface area (Å²) in [6, 6.07) is 0.186. The Balaban J connectivity index is 2.03. The molecule has 1 heterocycles. The number of carbonyl (C=O) groups excluding carboxylic acids is 1. The fourth-order valence-corrected chi connectivity index (χ4v) is 1.41. The second-order valence-electron chi connectivity index (χ2n) is 4.33. The standard InChI is InChI=1S/C11H14F2N4O/c1-5(11(18)16-6-2-3-6)15-10-8(13)4-7(12)9(14)17-10/h4-6H,2-3H2,1H3,(H,16,18)(H3,14,15,17). The number of hydrogen-bond acceptors (Lipinski definition) is 4. The second kappa shape index (κ2) is 4.75. The number of amides is 1. The molecule has 1 saturated carbocycles. The SMILES string of the molecule is CC(Nc1nc(N)c(F)cc1F)C(=O)NC1CC1. The van der Waals surface area contributed by atoms with E-state index >= 15 is 0 Å². The molecule has 1 amide bonds. The third kappa shape index (κ3) is 2.85. The van der Waals surface area contributed by atoms with E-state index in [1.807, 2.05) is 0 Å². The van der Waals surface area contributed by atoms with Crippen molar-refractivity contribution in [3.63, 3.8) is 0 Å². The van der Waals surface area contributed by atoms with Crippen LogP contribution < -0.4 is 16.4 Å². The van der Waals surface area contributed by atoms with Gasteiger partial charge in [-0.25, -0.2) is 13.8 Å². The van der Waals surface area contributed by atoms with Crippen molar-refractivity contribution in [3.05, 3.63) is 17.7 Å². The van der Waals surface area contributed by atoms with Crippen LogP contribution in [0.2, 0.25) is 0 Å². The zero-order valence-corrected chi connectivity index (χ0v) is 9.84. The van der Waals surface area contributed by atoms with E-state index in [4.69, 9.17) is 5.73 Å². The lowest BCUT2D eigenvalue weighted by atomic mass is 10.3. The lowest BCUT2D eigenvalue weighted by Crippen LogP contribution is -2.39. The number of carbonyl (C=O) groups is 1. The molecule has 0 aliphatic heterocycles. The van der Waals surface area contributed by atoms with Crippen LogP contribution in [0.4, 0.5) is 20.4 Å². The van der Waals surface area contributed by atoms with Gasteiger partial charge in [0, 0.05) is 12.1 Å². The Kier molecular flexibility index (Phi) is 3.31. The quantitative estimate of drug-likeness (QED) is 0.751. The van der Waals surface area contributed by atoms with Gasteiger partial charge < -0.3 is 16.4 Å². The zero-order chi connectivity index (χ0) is 13.3. The molecule has 18 heavy (non-hydrogen) atoms. The van der Waals surface area contributed by atoms with Crippen molar-refractivity contribution in [3.8, 4) is 0 Å². The van der Waals surface area contributed by atoms with Gasteiger partial charge in [0.2, 0.25) is 5.91 Å². The van der Waals surface area contributed by atoms with Crippen molar-refractivity contribution in [2.45, 2.75) is 31.8 Å². The van der Waals surface area contributed by atoms with E-state index in [0.717, 1.165) is 12.8 Å². The Hall–Kier alpha value is -1.92. The molecular weight excluding hydrogens is 242 g/mol. The Morgan fingerprint density at radius 3 is 2.78 bits per heavy atom. The van der Waals surface area contributed by atoms with Gasteiger partial charge in [-0.2, -0.15) is 0 Å². The summed E-state index contributed by atoms with van der Waals surface area (Å²) in [5.74, 6) is -2.69. The maximum absolute atomic E-state index is 13.4. The van der Waals surface area contributed by atoms with Crippen molar-refractivity contribution in [2.75, 3.05) is 11.1 Å². The summed E-state index contributed by atoms with van der Waals surface area (Å²) in [5.41, 5.74) is 5.24. The molecule has 5 nitrogen and oxygen atoms in total. The van der Waals surface area contributed by atoms with Crippen molar-refractivity contribution in [2.24, 2.45) is 0 Å². The molecule has 0 radical (unpaired) electrons. The van der Waals surface area contributed by atoms with E-state index < -0.39 is 23.5 Å². The number of hydrogen-bond donors (Lipinski definition) is 3. The first kappa shape index (κ1) is 12.5. The zero-order valence-electron chi connectivity index (χ0n) is 9.84. The molecule has 1 unspecified atom stereocenters. The summed E-state index contributed by atoms with van der Waals surface area (Å²) < 4.78 is 26.3. The van der Waals surface area contributed by atoms with Gasteiger partial charge in [-0.1, -0.05) is 0 Å². The summed E-state index contributed by atoms with van der Waals surface area (Å²) >= 11 is 0. The predicted molar refractivity (Wildman–Crippen MR) is 62.8 cm³/mol. The smallest absolute Gasteiger partial charge is 0.242 e. The average molecular weight is 256 g/mol. The first-order chi connectivity index (χ1) is 8.47. The Morgan fingerprint density at radius 2 is 2.17 bits per heavy atom. The highest BCUT2D eigenvalue weighted by molar-refractivity contribution is 5.84. The van der Waals surface area contributed by atoms with Crippen LogP contribution in [0.25, 0.3) is 0 Å². The monoisotopic (exact) mass is 256 g/mol. The van der Waals surface area contributed by atoms with Gasteiger partial charge in [0.1, 0.15) is 6.04 Å². The van der Waals surface area contributed by atoms with Crippen LogP contribution >= 0.6 is 0 Å². The van der Waals surface area contributed by atoms with E-state index in [1.54, 1.807) is 6.92 Å². The topological polar surface area (TPSA) is 80.0 Å². The molecule has 1 aromatic heterocycles. The molecule has 1 aromatic rings. The lowest BCUT2D eigenvalue weighted by molar-refractivity contribution is -0.121. The number of pyridine rings is 1. The van der Waals surface area contributed by atoms with Gasteiger partial charge >= 0.3 is 0 Å². The van der Waals surface area contributed by atoms with Crippen molar-refractivity contribution in [1.82, 2.24) is 10.3 Å². The Morgan fingerprint density at radius 1 is 1.50 bits per heavy atom. The summed E-state index contributed by atoms with van der Waals surface area (Å²) in [7, 11) is 0. The van der Waals surface area contributed by atoms with Crippen LogP contribution in [0.5, 0.6) is 0 Å². The maximum Gasteiger partial charge on any atom is 0.242 e. The minimum Gasteiger partial charge on any atom is -0.381 e. The predicted octanol–water partition coefficient (Wildman–Crippen LogP) is 1.02. The van der Waals surface area contributed by atoms with Gasteiger partial charge in [0.25, 0.3) is 0 Å². The number of nitrogens with zero attached hydrogens (tertiary/aromatic N) is 1. The maximum atomic E-state index is 13.4. The third-order valence-corrected chi connectivity index (χ3v) is 2.63. The number of rotatable bonds is 4. The minimum atomic E-state index is -0.923. The highest BCUT2D eigenvalue weighted by Crippen LogP contribution is 2.20. The van der Waals surface area contributed by atoms with Crippen LogP contribution in [0, 0.1) is 11.6 Å². The van der Waals surface area contributed by atoms with Crippen LogP contribution in [0.15, 0.2) is 6.07 Å². The average Bonchev–Trinajstić information content (AvgIpc) is 3.09. The van der Waals surface area contributed by atoms with E-state index in [9.17, 15) is 13.6 Å². The fraction of sp³-hybridized carbons (Fsp3) is 0.455. The highest BCUT2D eigenvalue weighted by Gasteiger charge is 2.26. The van der Waals surface area contributed by atoms with Crippen LogP contribution in [0.1, 0.15) is 19.8 Å². The largest absolute Gasteiger partial charge is 0.381 e. The molecule has 1 aliphatic rings. The molecule has 2 rings (SSSR count). The molecule has 0 spiro atoms. The molecule has 98 valence electrons. The minimum absolute atomic E-state index is 0.220. The van der Waals surface area contributed by atoms with Gasteiger partial charge in [0.05, 0.1) is 0 Å². The lowest BCUT2D eigenvalue weighted by Gasteiger charge is -2.15. The summed E-state index contributed by atoms with van der Waals surface area (Å²) in [6.45, 7) is 1.57. The number of aromatic nitrogens is 1. The number of nitrogens with one attached hydrogen (secondary N) is 2. The molecular formula is C11H14F2N4O. The Labute approximate surface area is 103 Å². The van der Waals surface area contributed by atoms with Crippen LogP contribution in [-0.4, -0.2) is 23.0 Å². The van der Waals surface area contributed by atoms with E-state index in [1.165, 1.54) is 0 Å². The van der Waals surface area contributed by atoms with Gasteiger partial charge in [-0.05, 0) is 19.8 Å². The molecule has 0 bridgehead atoms. The van der Waals surface area contributed by atoms with Gasteiger partial charge in [-0.15, -0.1) is 0 Å². The fourth-order valence-electron chi connectivity index (χ4n) is 1.41. The molecule has 4 N–H and O–H groups in total. The Bertz CT molecular complexity index is 476. The highest BCUT2D eigenvalue weighted by atomic mass is 19.1. The van der Waals surface area contributed by atoms with Crippen LogP contribution in [0.3, 0.4) is 0 Å². The normalized spacial score (nSPS) is 16.2. The molecule has 1 atom stereocenters. The summed E-state index contributed by atoms with van der Waals surface area (Å²) in [6.07, 6.45) is 1.93.